The number of fused-ring (bicyclic) bond motifs is 1. The molecule has 10 nitrogen and oxygen atoms in total. The molecule has 0 fully saturated rings. The molecule has 2 aromatic heterocycles. The van der Waals surface area contributed by atoms with Crippen molar-refractivity contribution in [3.8, 4) is 5.75 Å². The zero-order chi connectivity index (χ0) is 21.9. The quantitative estimate of drug-likeness (QED) is 0.421. The lowest BCUT2D eigenvalue weighted by atomic mass is 10.0. The highest BCUT2D eigenvalue weighted by Gasteiger charge is 2.29. The number of carbonyl (C=O) groups excluding carboxylic acids is 1. The van der Waals surface area contributed by atoms with Crippen LogP contribution in [0.5, 0.6) is 5.75 Å². The van der Waals surface area contributed by atoms with Crippen molar-refractivity contribution >= 4 is 28.5 Å². The van der Waals surface area contributed by atoms with Gasteiger partial charge in [0.1, 0.15) is 30.2 Å². The second-order valence-corrected chi connectivity index (χ2v) is 7.39. The lowest BCUT2D eigenvalue weighted by Crippen LogP contribution is -2.52. The van der Waals surface area contributed by atoms with E-state index >= 15 is 0 Å². The van der Waals surface area contributed by atoms with E-state index in [1.807, 2.05) is 0 Å². The van der Waals surface area contributed by atoms with Crippen molar-refractivity contribution in [2.75, 3.05) is 19.8 Å². The fourth-order valence-corrected chi connectivity index (χ4v) is 2.84. The number of oxazole rings is 1. The third-order valence-corrected chi connectivity index (χ3v) is 4.85. The van der Waals surface area contributed by atoms with Gasteiger partial charge in [-0.3, -0.25) is 4.79 Å². The third-order valence-electron chi connectivity index (χ3n) is 4.55. The van der Waals surface area contributed by atoms with Crippen LogP contribution in [0.3, 0.4) is 0 Å². The molecular formula is C19H22ClN3O7. The summed E-state index contributed by atoms with van der Waals surface area (Å²) in [6.45, 7) is 1.91. The van der Waals surface area contributed by atoms with E-state index in [1.54, 1.807) is 26.0 Å². The smallest absolute Gasteiger partial charge is 0.314 e. The van der Waals surface area contributed by atoms with Crippen LogP contribution in [-0.2, 0) is 9.53 Å². The number of halogens is 1. The zero-order valence-electron chi connectivity index (χ0n) is 16.4. The van der Waals surface area contributed by atoms with Gasteiger partial charge in [-0.25, -0.2) is 4.98 Å². The molecule has 0 radical (unpaired) electrons. The van der Waals surface area contributed by atoms with E-state index in [0.717, 1.165) is 0 Å². The lowest BCUT2D eigenvalue weighted by Gasteiger charge is -2.24. The van der Waals surface area contributed by atoms with Gasteiger partial charge in [0, 0.05) is 11.5 Å². The van der Waals surface area contributed by atoms with Crippen molar-refractivity contribution in [1.82, 2.24) is 10.1 Å². The Labute approximate surface area is 176 Å². The molecule has 0 spiro atoms. The number of ether oxygens (including phenoxy) is 2. The first-order chi connectivity index (χ1) is 14.3. The van der Waals surface area contributed by atoms with E-state index in [-0.39, 0.29) is 11.6 Å². The van der Waals surface area contributed by atoms with Crippen molar-refractivity contribution in [2.24, 2.45) is 5.73 Å². The number of esters is 1. The van der Waals surface area contributed by atoms with Crippen LogP contribution in [-0.4, -0.2) is 51.7 Å². The van der Waals surface area contributed by atoms with Gasteiger partial charge < -0.3 is 34.4 Å². The van der Waals surface area contributed by atoms with Gasteiger partial charge in [0.25, 0.3) is 0 Å². The topological polar surface area (TPSA) is 154 Å². The number of benzene rings is 1. The van der Waals surface area contributed by atoms with E-state index in [9.17, 15) is 15.0 Å². The monoisotopic (exact) mass is 439 g/mol. The molecule has 0 amide bonds. The summed E-state index contributed by atoms with van der Waals surface area (Å²) in [6, 6.07) is 3.15. The highest BCUT2D eigenvalue weighted by atomic mass is 35.5. The standard InChI is InChI=1S/C19H22ClN3O7/c1-10(18(26)28-9-19(21,7-24)8-25)16-12-5-13(20)15(6-14(12)30-23-16)29-11(2)17-22-3-4-27-17/h3-6,10-11,24-25H,7-9,21H2,1-2H3/t10-,11?/m1/s1. The van der Waals surface area contributed by atoms with E-state index in [0.29, 0.717) is 28.3 Å². The molecule has 4 N–H and O–H groups in total. The summed E-state index contributed by atoms with van der Waals surface area (Å²) in [5.74, 6) is -0.716. The molecule has 30 heavy (non-hydrogen) atoms. The molecule has 1 aromatic carbocycles. The van der Waals surface area contributed by atoms with Gasteiger partial charge in [-0.2, -0.15) is 0 Å². The molecule has 162 valence electrons. The number of aliphatic hydroxyl groups is 2. The summed E-state index contributed by atoms with van der Waals surface area (Å²) in [5.41, 5.74) is 4.97. The third kappa shape index (κ3) is 4.57. The predicted octanol–water partition coefficient (Wildman–Crippen LogP) is 1.94. The Balaban J connectivity index is 1.77. The van der Waals surface area contributed by atoms with Crippen LogP contribution in [0.25, 0.3) is 11.0 Å². The number of aromatic nitrogens is 2. The number of hydrogen-bond donors (Lipinski definition) is 3. The van der Waals surface area contributed by atoms with Gasteiger partial charge in [0.05, 0.1) is 30.0 Å². The first-order valence-corrected chi connectivity index (χ1v) is 9.48. The average molecular weight is 440 g/mol. The molecule has 1 unspecified atom stereocenters. The highest BCUT2D eigenvalue weighted by Crippen LogP contribution is 2.36. The first kappa shape index (κ1) is 22.0. The van der Waals surface area contributed by atoms with Crippen LogP contribution in [0, 0.1) is 0 Å². The Kier molecular flexibility index (Phi) is 6.61. The van der Waals surface area contributed by atoms with Gasteiger partial charge in [-0.1, -0.05) is 16.8 Å². The van der Waals surface area contributed by atoms with Gasteiger partial charge in [0.2, 0.25) is 5.89 Å². The van der Waals surface area contributed by atoms with Crippen molar-refractivity contribution in [3.63, 3.8) is 0 Å². The van der Waals surface area contributed by atoms with Gasteiger partial charge >= 0.3 is 5.97 Å². The summed E-state index contributed by atoms with van der Waals surface area (Å²) in [4.78, 5) is 16.4. The number of aliphatic hydroxyl groups excluding tert-OH is 2. The summed E-state index contributed by atoms with van der Waals surface area (Å²) < 4.78 is 21.5. The molecule has 0 aliphatic rings. The number of nitrogens with two attached hydrogens (primary N) is 1. The highest BCUT2D eigenvalue weighted by molar-refractivity contribution is 6.32. The molecule has 3 rings (SSSR count). The summed E-state index contributed by atoms with van der Waals surface area (Å²) in [5, 5.41) is 23.2. The van der Waals surface area contributed by atoms with Crippen LogP contribution < -0.4 is 10.5 Å². The van der Waals surface area contributed by atoms with Gasteiger partial charge in [0.15, 0.2) is 11.7 Å². The molecule has 11 heteroatoms. The maximum absolute atomic E-state index is 12.4. The first-order valence-electron chi connectivity index (χ1n) is 9.10. The fraction of sp³-hybridized carbons (Fsp3) is 0.421. The Bertz CT molecular complexity index is 1000. The predicted molar refractivity (Wildman–Crippen MR) is 105 cm³/mol. The number of hydrogen-bond acceptors (Lipinski definition) is 10. The Morgan fingerprint density at radius 1 is 1.33 bits per heavy atom. The van der Waals surface area contributed by atoms with E-state index in [1.165, 1.54) is 12.5 Å². The van der Waals surface area contributed by atoms with E-state index < -0.39 is 36.7 Å². The normalized spacial score (nSPS) is 13.9. The van der Waals surface area contributed by atoms with Crippen molar-refractivity contribution in [1.29, 1.82) is 0 Å². The van der Waals surface area contributed by atoms with Gasteiger partial charge in [-0.05, 0) is 19.9 Å². The SMILES string of the molecule is CC(Oc1cc2onc([C@@H](C)C(=O)OCC(N)(CO)CO)c2cc1Cl)c1ncco1. The van der Waals surface area contributed by atoms with E-state index in [2.05, 4.69) is 10.1 Å². The number of carbonyl (C=O) groups is 1. The second kappa shape index (κ2) is 9.00. The molecule has 0 aliphatic heterocycles. The molecule has 2 atom stereocenters. The fourth-order valence-electron chi connectivity index (χ4n) is 2.63. The van der Waals surface area contributed by atoms with Crippen molar-refractivity contribution in [2.45, 2.75) is 31.4 Å². The minimum atomic E-state index is -1.42. The molecule has 0 aliphatic carbocycles. The summed E-state index contributed by atoms with van der Waals surface area (Å²) in [6.07, 6.45) is 2.47. The van der Waals surface area contributed by atoms with E-state index in [4.69, 9.17) is 35.7 Å². The Morgan fingerprint density at radius 2 is 2.07 bits per heavy atom. The maximum Gasteiger partial charge on any atom is 0.314 e. The van der Waals surface area contributed by atoms with Crippen LogP contribution in [0.2, 0.25) is 5.02 Å². The van der Waals surface area contributed by atoms with Gasteiger partial charge in [-0.15, -0.1) is 0 Å². The minimum Gasteiger partial charge on any atom is -0.479 e. The van der Waals surface area contributed by atoms with Crippen LogP contribution in [0.4, 0.5) is 0 Å². The minimum absolute atomic E-state index is 0.285. The summed E-state index contributed by atoms with van der Waals surface area (Å²) >= 11 is 6.35. The van der Waals surface area contributed by atoms with Crippen LogP contribution >= 0.6 is 11.6 Å². The molecule has 2 heterocycles. The van der Waals surface area contributed by atoms with Crippen molar-refractivity contribution < 1.29 is 33.4 Å². The Morgan fingerprint density at radius 3 is 2.70 bits per heavy atom. The molecule has 0 saturated heterocycles. The molecule has 0 bridgehead atoms. The molecule has 3 aromatic rings. The van der Waals surface area contributed by atoms with Crippen LogP contribution in [0.1, 0.15) is 37.5 Å². The number of rotatable bonds is 9. The zero-order valence-corrected chi connectivity index (χ0v) is 17.1. The molecule has 0 saturated carbocycles. The van der Waals surface area contributed by atoms with Crippen LogP contribution in [0.15, 0.2) is 33.5 Å². The average Bonchev–Trinajstić information content (AvgIpc) is 3.41. The lowest BCUT2D eigenvalue weighted by molar-refractivity contribution is -0.148. The Hall–Kier alpha value is -2.66. The maximum atomic E-state index is 12.4. The summed E-state index contributed by atoms with van der Waals surface area (Å²) in [7, 11) is 0. The van der Waals surface area contributed by atoms with Crippen molar-refractivity contribution in [3.05, 3.63) is 41.2 Å². The molecular weight excluding hydrogens is 418 g/mol. The number of nitrogens with zero attached hydrogens (tertiary/aromatic N) is 2. The second-order valence-electron chi connectivity index (χ2n) is 6.99. The largest absolute Gasteiger partial charge is 0.479 e.